The van der Waals surface area contributed by atoms with E-state index in [-0.39, 0.29) is 17.6 Å². The maximum absolute atomic E-state index is 10.1. The summed E-state index contributed by atoms with van der Waals surface area (Å²) in [5.41, 5.74) is 0. The van der Waals surface area contributed by atoms with Gasteiger partial charge in [-0.3, -0.25) is 0 Å². The van der Waals surface area contributed by atoms with Gasteiger partial charge in [0.25, 0.3) is 0 Å². The molecule has 0 fully saturated rings. The van der Waals surface area contributed by atoms with E-state index in [1.165, 1.54) is 96.0 Å². The third kappa shape index (κ3) is 11.5. The van der Waals surface area contributed by atoms with E-state index in [1.54, 1.807) is 12.1 Å². The summed E-state index contributed by atoms with van der Waals surface area (Å²) < 4.78 is 6.10. The van der Waals surface area contributed by atoms with Crippen molar-refractivity contribution in [3.8, 4) is 17.2 Å². The summed E-state index contributed by atoms with van der Waals surface area (Å²) in [6, 6.07) is 4.96. The first kappa shape index (κ1) is 24.7. The molecule has 0 aromatic heterocycles. The minimum absolute atomic E-state index is 0.108. The SMILES string of the molecule is CCCCCCCCCCC(CCCCCCCC)Oc1cccc(O)c1O. The van der Waals surface area contributed by atoms with Crippen molar-refractivity contribution in [1.82, 2.24) is 0 Å². The van der Waals surface area contributed by atoms with Crippen LogP contribution in [0.3, 0.4) is 0 Å². The van der Waals surface area contributed by atoms with E-state index in [0.29, 0.717) is 5.75 Å². The van der Waals surface area contributed by atoms with Gasteiger partial charge in [-0.15, -0.1) is 0 Å². The summed E-state index contributed by atoms with van der Waals surface area (Å²) in [4.78, 5) is 0. The molecule has 0 saturated carbocycles. The highest BCUT2D eigenvalue weighted by Crippen LogP contribution is 2.36. The van der Waals surface area contributed by atoms with E-state index >= 15 is 0 Å². The second-order valence-electron chi connectivity index (χ2n) is 8.18. The van der Waals surface area contributed by atoms with Crippen molar-refractivity contribution in [2.75, 3.05) is 0 Å². The molecule has 0 aliphatic heterocycles. The van der Waals surface area contributed by atoms with Crippen LogP contribution in [-0.4, -0.2) is 16.3 Å². The van der Waals surface area contributed by atoms with Gasteiger partial charge in [-0.05, 0) is 37.8 Å². The molecule has 0 saturated heterocycles. The minimum Gasteiger partial charge on any atom is -0.504 e. The van der Waals surface area contributed by atoms with Gasteiger partial charge in [0.2, 0.25) is 5.75 Å². The monoisotopic (exact) mass is 392 g/mol. The quantitative estimate of drug-likeness (QED) is 0.196. The molecule has 0 bridgehead atoms. The van der Waals surface area contributed by atoms with Gasteiger partial charge in [-0.2, -0.15) is 0 Å². The standard InChI is InChI=1S/C25H44O3/c1-3-5-7-9-11-12-14-16-19-22(18-15-13-10-8-6-4-2)28-24-21-17-20-23(26)25(24)27/h17,20-22,26-27H,3-16,18-19H2,1-2H3. The predicted molar refractivity (Wildman–Crippen MR) is 119 cm³/mol. The maximum atomic E-state index is 10.1. The van der Waals surface area contributed by atoms with Gasteiger partial charge in [-0.25, -0.2) is 0 Å². The van der Waals surface area contributed by atoms with Crippen LogP contribution in [0.25, 0.3) is 0 Å². The van der Waals surface area contributed by atoms with Crippen molar-refractivity contribution in [3.63, 3.8) is 0 Å². The van der Waals surface area contributed by atoms with Crippen molar-refractivity contribution in [2.45, 2.75) is 123 Å². The first-order valence-electron chi connectivity index (χ1n) is 11.9. The Balaban J connectivity index is 2.36. The molecule has 0 spiro atoms. The Bertz CT molecular complexity index is 487. The number of phenols is 2. The molecule has 1 rings (SSSR count). The molecule has 1 aromatic rings. The number of ether oxygens (including phenoxy) is 1. The topological polar surface area (TPSA) is 49.7 Å². The highest BCUT2D eigenvalue weighted by Gasteiger charge is 2.14. The van der Waals surface area contributed by atoms with Gasteiger partial charge in [0.15, 0.2) is 11.5 Å². The van der Waals surface area contributed by atoms with Crippen LogP contribution in [0.1, 0.15) is 117 Å². The molecule has 3 nitrogen and oxygen atoms in total. The van der Waals surface area contributed by atoms with Crippen molar-refractivity contribution < 1.29 is 14.9 Å². The Labute approximate surface area is 173 Å². The fraction of sp³-hybridized carbons (Fsp3) is 0.760. The smallest absolute Gasteiger partial charge is 0.200 e. The number of para-hydroxylation sites is 1. The molecule has 0 aliphatic rings. The highest BCUT2D eigenvalue weighted by atomic mass is 16.5. The third-order valence-electron chi connectivity index (χ3n) is 5.53. The summed E-state index contributed by atoms with van der Waals surface area (Å²) in [6.45, 7) is 4.50. The molecule has 0 heterocycles. The summed E-state index contributed by atoms with van der Waals surface area (Å²) in [7, 11) is 0. The van der Waals surface area contributed by atoms with Crippen LogP contribution in [0, 0.1) is 0 Å². The second kappa shape index (κ2) is 16.6. The Morgan fingerprint density at radius 3 is 1.64 bits per heavy atom. The van der Waals surface area contributed by atoms with Crippen molar-refractivity contribution in [3.05, 3.63) is 18.2 Å². The maximum Gasteiger partial charge on any atom is 0.200 e. The zero-order valence-corrected chi connectivity index (χ0v) is 18.4. The van der Waals surface area contributed by atoms with Crippen LogP contribution in [0.5, 0.6) is 17.2 Å². The number of aromatic hydroxyl groups is 2. The van der Waals surface area contributed by atoms with Crippen molar-refractivity contribution in [2.24, 2.45) is 0 Å². The van der Waals surface area contributed by atoms with E-state index in [9.17, 15) is 10.2 Å². The summed E-state index contributed by atoms with van der Waals surface area (Å²) in [6.07, 6.45) is 20.3. The van der Waals surface area contributed by atoms with Gasteiger partial charge in [0, 0.05) is 0 Å². The van der Waals surface area contributed by atoms with Crippen LogP contribution in [0.2, 0.25) is 0 Å². The molecular weight excluding hydrogens is 348 g/mol. The predicted octanol–water partition coefficient (Wildman–Crippen LogP) is 8.13. The Kier molecular flexibility index (Phi) is 14.6. The molecular formula is C25H44O3. The molecule has 0 aliphatic carbocycles. The molecule has 28 heavy (non-hydrogen) atoms. The van der Waals surface area contributed by atoms with Crippen LogP contribution in [0.15, 0.2) is 18.2 Å². The lowest BCUT2D eigenvalue weighted by Crippen LogP contribution is -2.16. The number of phenolic OH excluding ortho intramolecular Hbond substituents is 2. The van der Waals surface area contributed by atoms with Gasteiger partial charge in [0.05, 0.1) is 6.10 Å². The van der Waals surface area contributed by atoms with Crippen LogP contribution in [-0.2, 0) is 0 Å². The van der Waals surface area contributed by atoms with E-state index in [1.807, 2.05) is 0 Å². The zero-order chi connectivity index (χ0) is 20.5. The summed E-state index contributed by atoms with van der Waals surface area (Å²) in [5.74, 6) is 0.171. The fourth-order valence-corrected chi connectivity index (χ4v) is 3.71. The number of hydrogen-bond donors (Lipinski definition) is 2. The highest BCUT2D eigenvalue weighted by molar-refractivity contribution is 5.48. The van der Waals surface area contributed by atoms with Crippen LogP contribution >= 0.6 is 0 Å². The average molecular weight is 393 g/mol. The van der Waals surface area contributed by atoms with E-state index in [4.69, 9.17) is 4.74 Å². The molecule has 3 heteroatoms. The molecule has 1 aromatic carbocycles. The fourth-order valence-electron chi connectivity index (χ4n) is 3.71. The Hall–Kier alpha value is -1.38. The van der Waals surface area contributed by atoms with Gasteiger partial charge in [-0.1, -0.05) is 97.0 Å². The first-order chi connectivity index (χ1) is 13.7. The second-order valence-corrected chi connectivity index (χ2v) is 8.18. The molecule has 1 unspecified atom stereocenters. The number of unbranched alkanes of at least 4 members (excludes halogenated alkanes) is 12. The average Bonchev–Trinajstić information content (AvgIpc) is 2.69. The Morgan fingerprint density at radius 2 is 1.14 bits per heavy atom. The molecule has 2 N–H and O–H groups in total. The molecule has 0 radical (unpaired) electrons. The van der Waals surface area contributed by atoms with Gasteiger partial charge < -0.3 is 14.9 Å². The van der Waals surface area contributed by atoms with Crippen LogP contribution in [0.4, 0.5) is 0 Å². The van der Waals surface area contributed by atoms with Crippen molar-refractivity contribution >= 4 is 0 Å². The minimum atomic E-state index is -0.133. The number of benzene rings is 1. The van der Waals surface area contributed by atoms with Gasteiger partial charge in [0.1, 0.15) is 0 Å². The molecule has 162 valence electrons. The van der Waals surface area contributed by atoms with E-state index in [0.717, 1.165) is 12.8 Å². The summed E-state index contributed by atoms with van der Waals surface area (Å²) >= 11 is 0. The molecule has 1 atom stereocenters. The van der Waals surface area contributed by atoms with Crippen LogP contribution < -0.4 is 4.74 Å². The summed E-state index contributed by atoms with van der Waals surface area (Å²) in [5, 5.41) is 19.8. The van der Waals surface area contributed by atoms with Crippen molar-refractivity contribution in [1.29, 1.82) is 0 Å². The lowest BCUT2D eigenvalue weighted by molar-refractivity contribution is 0.165. The lowest BCUT2D eigenvalue weighted by Gasteiger charge is -2.20. The zero-order valence-electron chi connectivity index (χ0n) is 18.4. The largest absolute Gasteiger partial charge is 0.504 e. The number of rotatable bonds is 18. The molecule has 0 amide bonds. The number of hydrogen-bond acceptors (Lipinski definition) is 3. The van der Waals surface area contributed by atoms with Gasteiger partial charge >= 0.3 is 0 Å². The lowest BCUT2D eigenvalue weighted by atomic mass is 10.0. The normalized spacial score (nSPS) is 12.2. The van der Waals surface area contributed by atoms with E-state index < -0.39 is 0 Å². The Morgan fingerprint density at radius 1 is 0.679 bits per heavy atom. The van der Waals surface area contributed by atoms with E-state index in [2.05, 4.69) is 13.8 Å². The third-order valence-corrected chi connectivity index (χ3v) is 5.53. The first-order valence-corrected chi connectivity index (χ1v) is 11.9.